The van der Waals surface area contributed by atoms with Gasteiger partial charge in [0.2, 0.25) is 0 Å². The van der Waals surface area contributed by atoms with E-state index in [1.165, 1.54) is 0 Å². The monoisotopic (exact) mass is 287 g/mol. The summed E-state index contributed by atoms with van der Waals surface area (Å²) in [6.45, 7) is 6.22. The highest BCUT2D eigenvalue weighted by Crippen LogP contribution is 2.35. The molecule has 0 aromatic heterocycles. The number of ketones is 1. The predicted molar refractivity (Wildman–Crippen MR) is 75.8 cm³/mol. The van der Waals surface area contributed by atoms with Crippen molar-refractivity contribution >= 4 is 15.6 Å². The van der Waals surface area contributed by atoms with E-state index < -0.39 is 9.84 Å². The SMILES string of the molecule is CC1(C)CCCC(CN2CCCS(=O)(=O)CC2)C1=O. The highest BCUT2D eigenvalue weighted by Gasteiger charge is 2.38. The number of hydrogen-bond acceptors (Lipinski definition) is 4. The minimum atomic E-state index is -2.86. The van der Waals surface area contributed by atoms with E-state index in [2.05, 4.69) is 4.90 Å². The molecule has 1 saturated heterocycles. The number of Topliss-reactive ketones (excluding diaryl/α,β-unsaturated/α-hetero) is 1. The van der Waals surface area contributed by atoms with Gasteiger partial charge < -0.3 is 4.90 Å². The summed E-state index contributed by atoms with van der Waals surface area (Å²) in [5.74, 6) is 1.01. The summed E-state index contributed by atoms with van der Waals surface area (Å²) < 4.78 is 23.2. The fraction of sp³-hybridized carbons (Fsp3) is 0.929. The molecule has 1 heterocycles. The van der Waals surface area contributed by atoms with Crippen LogP contribution in [0.2, 0.25) is 0 Å². The highest BCUT2D eigenvalue weighted by atomic mass is 32.2. The first-order valence-electron chi connectivity index (χ1n) is 7.27. The largest absolute Gasteiger partial charge is 0.302 e. The van der Waals surface area contributed by atoms with Crippen molar-refractivity contribution in [2.45, 2.75) is 39.5 Å². The summed E-state index contributed by atoms with van der Waals surface area (Å²) in [6.07, 6.45) is 3.75. The van der Waals surface area contributed by atoms with Crippen molar-refractivity contribution in [3.05, 3.63) is 0 Å². The minimum absolute atomic E-state index is 0.101. The Hall–Kier alpha value is -0.420. The average Bonchev–Trinajstić information content (AvgIpc) is 2.47. The van der Waals surface area contributed by atoms with Crippen LogP contribution in [0.5, 0.6) is 0 Å². The summed E-state index contributed by atoms with van der Waals surface area (Å²) in [7, 11) is -2.86. The molecule has 1 saturated carbocycles. The van der Waals surface area contributed by atoms with E-state index in [4.69, 9.17) is 0 Å². The summed E-state index contributed by atoms with van der Waals surface area (Å²) in [5.41, 5.74) is -0.194. The Balaban J connectivity index is 1.95. The topological polar surface area (TPSA) is 54.5 Å². The van der Waals surface area contributed by atoms with Crippen molar-refractivity contribution in [2.24, 2.45) is 11.3 Å². The Bertz CT molecular complexity index is 442. The molecule has 1 aliphatic heterocycles. The normalized spacial score (nSPS) is 31.9. The summed E-state index contributed by atoms with van der Waals surface area (Å²) in [6, 6.07) is 0. The predicted octanol–water partition coefficient (Wildman–Crippen LogP) is 1.50. The molecular formula is C14H25NO3S. The van der Waals surface area contributed by atoms with Gasteiger partial charge in [0.05, 0.1) is 11.5 Å². The molecule has 1 atom stereocenters. The second kappa shape index (κ2) is 5.52. The zero-order valence-electron chi connectivity index (χ0n) is 12.0. The van der Waals surface area contributed by atoms with Crippen LogP contribution in [0.25, 0.3) is 0 Å². The molecule has 2 rings (SSSR count). The molecule has 0 aromatic rings. The van der Waals surface area contributed by atoms with Gasteiger partial charge in [0.15, 0.2) is 9.84 Å². The third-order valence-corrected chi connectivity index (χ3v) is 6.23. The number of sulfone groups is 1. The number of rotatable bonds is 2. The standard InChI is InChI=1S/C14H25NO3S/c1-14(2)6-3-5-12(13(14)16)11-15-7-4-9-19(17,18)10-8-15/h12H,3-11H2,1-2H3. The number of hydrogen-bond donors (Lipinski definition) is 0. The van der Waals surface area contributed by atoms with Gasteiger partial charge >= 0.3 is 0 Å². The van der Waals surface area contributed by atoms with E-state index >= 15 is 0 Å². The van der Waals surface area contributed by atoms with Crippen LogP contribution in [0.3, 0.4) is 0 Å². The average molecular weight is 287 g/mol. The van der Waals surface area contributed by atoms with Crippen LogP contribution < -0.4 is 0 Å². The van der Waals surface area contributed by atoms with E-state index in [0.29, 0.717) is 24.5 Å². The van der Waals surface area contributed by atoms with Crippen molar-refractivity contribution in [3.63, 3.8) is 0 Å². The van der Waals surface area contributed by atoms with Crippen LogP contribution in [-0.4, -0.2) is 50.2 Å². The molecule has 19 heavy (non-hydrogen) atoms. The van der Waals surface area contributed by atoms with Crippen LogP contribution in [0.1, 0.15) is 39.5 Å². The van der Waals surface area contributed by atoms with Crippen LogP contribution >= 0.6 is 0 Å². The maximum Gasteiger partial charge on any atom is 0.151 e. The second-order valence-electron chi connectivity index (χ2n) is 6.64. The van der Waals surface area contributed by atoms with Crippen molar-refractivity contribution < 1.29 is 13.2 Å². The van der Waals surface area contributed by atoms with E-state index in [1.807, 2.05) is 13.8 Å². The molecule has 4 nitrogen and oxygen atoms in total. The van der Waals surface area contributed by atoms with E-state index in [9.17, 15) is 13.2 Å². The van der Waals surface area contributed by atoms with Gasteiger partial charge in [-0.05, 0) is 25.8 Å². The Morgan fingerprint density at radius 3 is 2.68 bits per heavy atom. The molecule has 1 unspecified atom stereocenters. The van der Waals surface area contributed by atoms with Crippen molar-refractivity contribution in [3.8, 4) is 0 Å². The van der Waals surface area contributed by atoms with Gasteiger partial charge in [0.25, 0.3) is 0 Å². The van der Waals surface area contributed by atoms with Gasteiger partial charge in [-0.15, -0.1) is 0 Å². The zero-order chi connectivity index (χ0) is 14.1. The molecule has 1 aliphatic carbocycles. The minimum Gasteiger partial charge on any atom is -0.302 e. The van der Waals surface area contributed by atoms with E-state index in [0.717, 1.165) is 32.4 Å². The summed E-state index contributed by atoms with van der Waals surface area (Å²) in [4.78, 5) is 14.6. The molecule has 110 valence electrons. The Kier molecular flexibility index (Phi) is 4.35. The maximum absolute atomic E-state index is 12.4. The lowest BCUT2D eigenvalue weighted by Crippen LogP contribution is -2.42. The number of carbonyl (C=O) groups is 1. The quantitative estimate of drug-likeness (QED) is 0.772. The number of nitrogens with zero attached hydrogens (tertiary/aromatic N) is 1. The molecule has 5 heteroatoms. The van der Waals surface area contributed by atoms with Gasteiger partial charge in [-0.1, -0.05) is 20.3 Å². The fourth-order valence-electron chi connectivity index (χ4n) is 3.26. The summed E-state index contributed by atoms with van der Waals surface area (Å²) >= 11 is 0. The van der Waals surface area contributed by atoms with Crippen molar-refractivity contribution in [1.82, 2.24) is 4.90 Å². The van der Waals surface area contributed by atoms with E-state index in [-0.39, 0.29) is 17.1 Å². The molecular weight excluding hydrogens is 262 g/mol. The Labute approximate surface area is 116 Å². The Morgan fingerprint density at radius 2 is 1.95 bits per heavy atom. The van der Waals surface area contributed by atoms with Crippen molar-refractivity contribution in [1.29, 1.82) is 0 Å². The van der Waals surface area contributed by atoms with Gasteiger partial charge in [0, 0.05) is 24.4 Å². The molecule has 0 N–H and O–H groups in total. The lowest BCUT2D eigenvalue weighted by atomic mass is 9.71. The van der Waals surface area contributed by atoms with Gasteiger partial charge in [-0.25, -0.2) is 8.42 Å². The molecule has 0 spiro atoms. The first-order chi connectivity index (χ1) is 8.80. The van der Waals surface area contributed by atoms with Gasteiger partial charge in [0.1, 0.15) is 5.78 Å². The fourth-order valence-corrected chi connectivity index (χ4v) is 4.57. The second-order valence-corrected chi connectivity index (χ2v) is 8.95. The highest BCUT2D eigenvalue weighted by molar-refractivity contribution is 7.91. The molecule has 2 fully saturated rings. The lowest BCUT2D eigenvalue weighted by Gasteiger charge is -2.36. The van der Waals surface area contributed by atoms with Crippen LogP contribution in [0.15, 0.2) is 0 Å². The number of carbonyl (C=O) groups excluding carboxylic acids is 1. The van der Waals surface area contributed by atoms with Gasteiger partial charge in [-0.3, -0.25) is 4.79 Å². The third-order valence-electron chi connectivity index (χ3n) is 4.52. The maximum atomic E-state index is 12.4. The molecule has 0 radical (unpaired) electrons. The Morgan fingerprint density at radius 1 is 1.21 bits per heavy atom. The summed E-state index contributed by atoms with van der Waals surface area (Å²) in [5, 5.41) is 0. The van der Waals surface area contributed by atoms with E-state index in [1.54, 1.807) is 0 Å². The van der Waals surface area contributed by atoms with Crippen LogP contribution in [0.4, 0.5) is 0 Å². The third kappa shape index (κ3) is 3.78. The zero-order valence-corrected chi connectivity index (χ0v) is 12.8. The van der Waals surface area contributed by atoms with Crippen molar-refractivity contribution in [2.75, 3.05) is 31.1 Å². The molecule has 0 amide bonds. The lowest BCUT2D eigenvalue weighted by molar-refractivity contribution is -0.134. The molecule has 2 aliphatic rings. The smallest absolute Gasteiger partial charge is 0.151 e. The molecule has 0 bridgehead atoms. The van der Waals surface area contributed by atoms with Crippen LogP contribution in [0, 0.1) is 11.3 Å². The first-order valence-corrected chi connectivity index (χ1v) is 9.09. The molecule has 0 aromatic carbocycles. The van der Waals surface area contributed by atoms with Crippen LogP contribution in [-0.2, 0) is 14.6 Å². The van der Waals surface area contributed by atoms with Gasteiger partial charge in [-0.2, -0.15) is 0 Å². The first kappa shape index (κ1) is 15.0.